The minimum atomic E-state index is -0.761. The second-order valence-corrected chi connectivity index (χ2v) is 18.4. The first-order valence-corrected chi connectivity index (χ1v) is 25.2. The Morgan fingerprint density at radius 2 is 0.579 bits per heavy atom. The summed E-state index contributed by atoms with van der Waals surface area (Å²) in [5.41, 5.74) is 0. The fraction of sp³-hybridized carbons (Fsp3) is 0.941. The lowest BCUT2D eigenvalue weighted by molar-refractivity contribution is -0.167. The first kappa shape index (κ1) is 55.4. The van der Waals surface area contributed by atoms with Crippen LogP contribution in [0.5, 0.6) is 0 Å². The third-order valence-electron chi connectivity index (χ3n) is 11.5. The van der Waals surface area contributed by atoms with Gasteiger partial charge in [-0.3, -0.25) is 14.4 Å². The molecule has 0 amide bonds. The van der Waals surface area contributed by atoms with Crippen LogP contribution < -0.4 is 0 Å². The van der Waals surface area contributed by atoms with Gasteiger partial charge in [-0.05, 0) is 31.1 Å². The van der Waals surface area contributed by atoms with Crippen LogP contribution in [0.15, 0.2) is 0 Å². The molecule has 0 spiro atoms. The van der Waals surface area contributed by atoms with Crippen molar-refractivity contribution in [1.82, 2.24) is 0 Å². The largest absolute Gasteiger partial charge is 0.462 e. The van der Waals surface area contributed by atoms with E-state index in [4.69, 9.17) is 14.2 Å². The molecule has 0 radical (unpaired) electrons. The lowest BCUT2D eigenvalue weighted by Crippen LogP contribution is -2.30. The molecule has 0 aromatic rings. The second kappa shape index (κ2) is 44.0. The maximum atomic E-state index is 12.8. The van der Waals surface area contributed by atoms with Crippen LogP contribution in [0.4, 0.5) is 0 Å². The van der Waals surface area contributed by atoms with Gasteiger partial charge in [0.2, 0.25) is 0 Å². The second-order valence-electron chi connectivity index (χ2n) is 18.4. The summed E-state index contributed by atoms with van der Waals surface area (Å²) in [6.45, 7) is 11.3. The summed E-state index contributed by atoms with van der Waals surface area (Å²) in [4.78, 5) is 37.8. The smallest absolute Gasteiger partial charge is 0.306 e. The molecular weight excluding hydrogens is 709 g/mol. The molecule has 338 valence electrons. The van der Waals surface area contributed by atoms with Gasteiger partial charge in [0, 0.05) is 19.3 Å². The zero-order valence-electron chi connectivity index (χ0n) is 39.0. The van der Waals surface area contributed by atoms with Gasteiger partial charge < -0.3 is 14.2 Å². The summed E-state index contributed by atoms with van der Waals surface area (Å²) >= 11 is 0. The van der Waals surface area contributed by atoms with Crippen molar-refractivity contribution < 1.29 is 28.6 Å². The Balaban J connectivity index is 4.29. The molecule has 0 N–H and O–H groups in total. The van der Waals surface area contributed by atoms with Crippen molar-refractivity contribution in [1.29, 1.82) is 0 Å². The predicted molar refractivity (Wildman–Crippen MR) is 243 cm³/mol. The Hall–Kier alpha value is -1.59. The Labute approximate surface area is 355 Å². The van der Waals surface area contributed by atoms with E-state index in [0.29, 0.717) is 19.3 Å². The van der Waals surface area contributed by atoms with Crippen LogP contribution in [-0.2, 0) is 28.6 Å². The van der Waals surface area contributed by atoms with E-state index in [1.54, 1.807) is 0 Å². The van der Waals surface area contributed by atoms with Crippen LogP contribution in [-0.4, -0.2) is 37.2 Å². The zero-order valence-corrected chi connectivity index (χ0v) is 39.0. The number of hydrogen-bond acceptors (Lipinski definition) is 6. The van der Waals surface area contributed by atoms with Crippen molar-refractivity contribution in [2.45, 2.75) is 285 Å². The molecule has 0 fully saturated rings. The third kappa shape index (κ3) is 45.3. The van der Waals surface area contributed by atoms with Gasteiger partial charge in [0.15, 0.2) is 6.10 Å². The average molecular weight is 807 g/mol. The summed E-state index contributed by atoms with van der Waals surface area (Å²) in [5, 5.41) is 0. The fourth-order valence-corrected chi connectivity index (χ4v) is 7.64. The molecule has 0 saturated carbocycles. The zero-order chi connectivity index (χ0) is 41.9. The van der Waals surface area contributed by atoms with Gasteiger partial charge in [0.25, 0.3) is 0 Å². The molecule has 0 aliphatic carbocycles. The van der Waals surface area contributed by atoms with Gasteiger partial charge in [-0.25, -0.2) is 0 Å². The SMILES string of the molecule is CCCCCCCCCCCCCC(=O)OC[C@@H](COC(=O)CCCCCCCCCCC(C)C)OC(=O)CCCCCCCCCCCCCCCCC(C)C. The highest BCUT2D eigenvalue weighted by atomic mass is 16.6. The number of rotatable bonds is 45. The van der Waals surface area contributed by atoms with Crippen molar-refractivity contribution in [2.75, 3.05) is 13.2 Å². The van der Waals surface area contributed by atoms with E-state index < -0.39 is 6.10 Å². The maximum Gasteiger partial charge on any atom is 0.306 e. The van der Waals surface area contributed by atoms with E-state index >= 15 is 0 Å². The van der Waals surface area contributed by atoms with Gasteiger partial charge in [0.1, 0.15) is 13.2 Å². The standard InChI is InChI=1S/C51H98O6/c1-6-7-8-9-10-11-16-20-26-31-36-41-49(52)55-44-48(45-56-50(53)42-37-32-27-23-22-25-30-35-40-47(4)5)57-51(54)43-38-33-28-21-18-15-13-12-14-17-19-24-29-34-39-46(2)3/h46-48H,6-45H2,1-5H3/t48-/m0/s1. The molecule has 0 aromatic heterocycles. The first-order chi connectivity index (χ1) is 27.7. The van der Waals surface area contributed by atoms with E-state index in [1.807, 2.05) is 0 Å². The first-order valence-electron chi connectivity index (χ1n) is 25.2. The molecule has 6 heteroatoms. The average Bonchev–Trinajstić information content (AvgIpc) is 3.18. The van der Waals surface area contributed by atoms with Crippen molar-refractivity contribution in [3.8, 4) is 0 Å². The van der Waals surface area contributed by atoms with Crippen molar-refractivity contribution >= 4 is 17.9 Å². The minimum Gasteiger partial charge on any atom is -0.462 e. The van der Waals surface area contributed by atoms with Crippen LogP contribution in [0.1, 0.15) is 279 Å². The molecule has 0 unspecified atom stereocenters. The summed E-state index contributed by atoms with van der Waals surface area (Å²) in [7, 11) is 0. The van der Waals surface area contributed by atoms with Gasteiger partial charge in [-0.15, -0.1) is 0 Å². The number of esters is 3. The summed E-state index contributed by atoms with van der Waals surface area (Å²) < 4.78 is 16.8. The molecule has 57 heavy (non-hydrogen) atoms. The maximum absolute atomic E-state index is 12.8. The molecule has 0 rings (SSSR count). The van der Waals surface area contributed by atoms with E-state index in [0.717, 1.165) is 69.6 Å². The summed E-state index contributed by atoms with van der Waals surface area (Å²) in [5.74, 6) is 0.788. The van der Waals surface area contributed by atoms with Gasteiger partial charge in [-0.1, -0.05) is 240 Å². The van der Waals surface area contributed by atoms with Gasteiger partial charge in [0.05, 0.1) is 0 Å². The Kier molecular flexibility index (Phi) is 42.7. The van der Waals surface area contributed by atoms with E-state index in [-0.39, 0.29) is 31.1 Å². The molecular formula is C51H98O6. The molecule has 1 atom stereocenters. The molecule has 0 aromatic carbocycles. The normalized spacial score (nSPS) is 12.1. The molecule has 0 saturated heterocycles. The van der Waals surface area contributed by atoms with E-state index in [2.05, 4.69) is 34.6 Å². The Morgan fingerprint density at radius 1 is 0.333 bits per heavy atom. The van der Waals surface area contributed by atoms with Crippen molar-refractivity contribution in [3.05, 3.63) is 0 Å². The van der Waals surface area contributed by atoms with E-state index in [9.17, 15) is 14.4 Å². The number of hydrogen-bond donors (Lipinski definition) is 0. The molecule has 6 nitrogen and oxygen atoms in total. The number of unbranched alkanes of at least 4 members (excludes halogenated alkanes) is 30. The molecule has 0 bridgehead atoms. The topological polar surface area (TPSA) is 78.9 Å². The van der Waals surface area contributed by atoms with Gasteiger partial charge in [-0.2, -0.15) is 0 Å². The summed E-state index contributed by atoms with van der Waals surface area (Å²) in [6, 6.07) is 0. The van der Waals surface area contributed by atoms with Crippen LogP contribution in [0.2, 0.25) is 0 Å². The molecule has 0 heterocycles. The molecule has 0 aliphatic rings. The van der Waals surface area contributed by atoms with Crippen LogP contribution in [0.3, 0.4) is 0 Å². The highest BCUT2D eigenvalue weighted by Gasteiger charge is 2.19. The van der Waals surface area contributed by atoms with Crippen molar-refractivity contribution in [3.63, 3.8) is 0 Å². The molecule has 0 aliphatic heterocycles. The van der Waals surface area contributed by atoms with Gasteiger partial charge >= 0.3 is 17.9 Å². The monoisotopic (exact) mass is 807 g/mol. The lowest BCUT2D eigenvalue weighted by Gasteiger charge is -2.18. The van der Waals surface area contributed by atoms with E-state index in [1.165, 1.54) is 167 Å². The number of ether oxygens (including phenoxy) is 3. The van der Waals surface area contributed by atoms with Crippen molar-refractivity contribution in [2.24, 2.45) is 11.8 Å². The van der Waals surface area contributed by atoms with Crippen LogP contribution >= 0.6 is 0 Å². The predicted octanol–water partition coefficient (Wildman–Crippen LogP) is 16.1. The Morgan fingerprint density at radius 3 is 0.860 bits per heavy atom. The highest BCUT2D eigenvalue weighted by Crippen LogP contribution is 2.17. The highest BCUT2D eigenvalue weighted by molar-refractivity contribution is 5.71. The van der Waals surface area contributed by atoms with Crippen LogP contribution in [0, 0.1) is 11.8 Å². The third-order valence-corrected chi connectivity index (χ3v) is 11.5. The quantitative estimate of drug-likeness (QED) is 0.0346. The van der Waals surface area contributed by atoms with Crippen LogP contribution in [0.25, 0.3) is 0 Å². The summed E-state index contributed by atoms with van der Waals surface area (Å²) in [6.07, 6.45) is 43.8. The minimum absolute atomic E-state index is 0.0641. The fourth-order valence-electron chi connectivity index (χ4n) is 7.64. The Bertz CT molecular complexity index is 870. The lowest BCUT2D eigenvalue weighted by atomic mass is 10.0. The number of carbonyl (C=O) groups excluding carboxylic acids is 3. The number of carbonyl (C=O) groups is 3.